The van der Waals surface area contributed by atoms with Gasteiger partial charge in [0.05, 0.1) is 12.1 Å². The molecule has 0 heterocycles. The van der Waals surface area contributed by atoms with Crippen LogP contribution in [0.25, 0.3) is 0 Å². The van der Waals surface area contributed by atoms with E-state index < -0.39 is 23.5 Å². The Labute approximate surface area is 209 Å². The number of hydrogen-bond donors (Lipinski definition) is 4. The second kappa shape index (κ2) is 20.4. The summed E-state index contributed by atoms with van der Waals surface area (Å²) in [6.45, 7) is 0.477. The molecular formula is C27H46F2N2O4. The molecule has 0 aromatic rings. The van der Waals surface area contributed by atoms with Gasteiger partial charge in [-0.2, -0.15) is 0 Å². The number of halogens is 2. The average molecular weight is 501 g/mol. The SMILES string of the molecule is O=C(N[C@H]1C[C@H]1NC(=O)/C(F)=C/CCCCCCCCCO)/C(F)=C/CCCCCCCCCO. The number of carbonyl (C=O) groups is 2. The van der Waals surface area contributed by atoms with Gasteiger partial charge in [-0.1, -0.05) is 64.2 Å². The van der Waals surface area contributed by atoms with Crippen LogP contribution in [-0.4, -0.2) is 47.3 Å². The Bertz CT molecular complexity index is 601. The van der Waals surface area contributed by atoms with Gasteiger partial charge in [0.2, 0.25) is 0 Å². The van der Waals surface area contributed by atoms with Crippen molar-refractivity contribution in [2.75, 3.05) is 13.2 Å². The minimum Gasteiger partial charge on any atom is -0.396 e. The van der Waals surface area contributed by atoms with Gasteiger partial charge in [-0.05, 0) is 57.1 Å². The summed E-state index contributed by atoms with van der Waals surface area (Å²) in [7, 11) is 0. The highest BCUT2D eigenvalue weighted by Crippen LogP contribution is 2.23. The average Bonchev–Trinajstić information content (AvgIpc) is 3.58. The normalized spacial score (nSPS) is 17.9. The van der Waals surface area contributed by atoms with E-state index in [9.17, 15) is 18.4 Å². The van der Waals surface area contributed by atoms with Crippen LogP contribution in [0.15, 0.2) is 23.8 Å². The predicted molar refractivity (Wildman–Crippen MR) is 135 cm³/mol. The van der Waals surface area contributed by atoms with Gasteiger partial charge >= 0.3 is 0 Å². The molecule has 1 fully saturated rings. The molecule has 0 unspecified atom stereocenters. The molecule has 8 heteroatoms. The zero-order chi connectivity index (χ0) is 25.7. The van der Waals surface area contributed by atoms with Crippen molar-refractivity contribution in [2.45, 2.75) is 121 Å². The first kappa shape index (κ1) is 31.2. The highest BCUT2D eigenvalue weighted by atomic mass is 19.1. The fourth-order valence-electron chi connectivity index (χ4n) is 3.91. The molecule has 1 aliphatic carbocycles. The molecule has 2 atom stereocenters. The number of allylic oxidation sites excluding steroid dienone is 2. The Hall–Kier alpha value is -1.80. The van der Waals surface area contributed by atoms with E-state index >= 15 is 0 Å². The van der Waals surface area contributed by atoms with E-state index in [1.54, 1.807) is 0 Å². The van der Waals surface area contributed by atoms with Crippen molar-refractivity contribution in [1.82, 2.24) is 10.6 Å². The number of amides is 2. The third kappa shape index (κ3) is 16.5. The number of carbonyl (C=O) groups excluding carboxylic acids is 2. The smallest absolute Gasteiger partial charge is 0.279 e. The van der Waals surface area contributed by atoms with Gasteiger partial charge in [0.25, 0.3) is 11.8 Å². The molecule has 0 spiro atoms. The molecule has 0 bridgehead atoms. The number of aliphatic hydroxyl groups is 2. The Kier molecular flexibility index (Phi) is 18.2. The number of hydrogen-bond acceptors (Lipinski definition) is 4. The maximum atomic E-state index is 14.0. The van der Waals surface area contributed by atoms with Gasteiger partial charge in [-0.15, -0.1) is 0 Å². The van der Waals surface area contributed by atoms with Crippen molar-refractivity contribution in [3.8, 4) is 0 Å². The monoisotopic (exact) mass is 500 g/mol. The topological polar surface area (TPSA) is 98.7 Å². The Balaban J connectivity index is 2.10. The fraction of sp³-hybridized carbons (Fsp3) is 0.778. The van der Waals surface area contributed by atoms with E-state index in [0.717, 1.165) is 89.9 Å². The van der Waals surface area contributed by atoms with Crippen LogP contribution >= 0.6 is 0 Å². The Morgan fingerprint density at radius 2 is 0.914 bits per heavy atom. The summed E-state index contributed by atoms with van der Waals surface area (Å²) < 4.78 is 28.0. The van der Waals surface area contributed by atoms with E-state index in [1.165, 1.54) is 12.2 Å². The molecule has 1 rings (SSSR count). The van der Waals surface area contributed by atoms with Gasteiger partial charge in [0.1, 0.15) is 0 Å². The maximum absolute atomic E-state index is 14.0. The van der Waals surface area contributed by atoms with E-state index in [4.69, 9.17) is 10.2 Å². The van der Waals surface area contributed by atoms with Gasteiger partial charge in [0, 0.05) is 13.2 Å². The summed E-state index contributed by atoms with van der Waals surface area (Å²) in [5.74, 6) is -3.21. The zero-order valence-electron chi connectivity index (χ0n) is 21.2. The first-order valence-electron chi connectivity index (χ1n) is 13.5. The van der Waals surface area contributed by atoms with Gasteiger partial charge in [-0.3, -0.25) is 9.59 Å². The minimum atomic E-state index is -0.815. The van der Waals surface area contributed by atoms with Crippen molar-refractivity contribution in [3.63, 3.8) is 0 Å². The zero-order valence-corrected chi connectivity index (χ0v) is 21.2. The van der Waals surface area contributed by atoms with Crippen molar-refractivity contribution in [1.29, 1.82) is 0 Å². The molecule has 0 aromatic heterocycles. The van der Waals surface area contributed by atoms with Crippen molar-refractivity contribution < 1.29 is 28.6 Å². The van der Waals surface area contributed by atoms with Crippen molar-refractivity contribution >= 4 is 11.8 Å². The van der Waals surface area contributed by atoms with Gasteiger partial charge in [-0.25, -0.2) is 8.78 Å². The molecular weight excluding hydrogens is 454 g/mol. The molecule has 1 aliphatic rings. The first-order valence-corrected chi connectivity index (χ1v) is 13.5. The molecule has 0 radical (unpaired) electrons. The molecule has 35 heavy (non-hydrogen) atoms. The third-order valence-corrected chi connectivity index (χ3v) is 6.23. The molecule has 2 amide bonds. The number of unbranched alkanes of at least 4 members (excludes halogenated alkanes) is 14. The van der Waals surface area contributed by atoms with E-state index in [0.29, 0.717) is 19.3 Å². The van der Waals surface area contributed by atoms with Crippen LogP contribution in [-0.2, 0) is 9.59 Å². The lowest BCUT2D eigenvalue weighted by Gasteiger charge is -2.05. The maximum Gasteiger partial charge on any atom is 0.279 e. The second-order valence-corrected chi connectivity index (χ2v) is 9.47. The quantitative estimate of drug-likeness (QED) is 0.120. The van der Waals surface area contributed by atoms with Crippen LogP contribution in [0.3, 0.4) is 0 Å². The Morgan fingerprint density at radius 3 is 1.26 bits per heavy atom. The molecule has 4 N–H and O–H groups in total. The van der Waals surface area contributed by atoms with Crippen LogP contribution < -0.4 is 10.6 Å². The number of rotatable bonds is 22. The van der Waals surface area contributed by atoms with E-state index in [1.807, 2.05) is 0 Å². The molecule has 0 saturated heterocycles. The summed E-state index contributed by atoms with van der Waals surface area (Å²) in [4.78, 5) is 23.9. The van der Waals surface area contributed by atoms with Crippen LogP contribution in [0.2, 0.25) is 0 Å². The molecule has 0 aromatic carbocycles. The third-order valence-electron chi connectivity index (χ3n) is 6.23. The molecule has 1 saturated carbocycles. The van der Waals surface area contributed by atoms with Crippen LogP contribution in [0.4, 0.5) is 8.78 Å². The largest absolute Gasteiger partial charge is 0.396 e. The summed E-state index contributed by atoms with van der Waals surface area (Å²) in [6.07, 6.45) is 17.9. The highest BCUT2D eigenvalue weighted by molar-refractivity contribution is 5.93. The summed E-state index contributed by atoms with van der Waals surface area (Å²) in [5.41, 5.74) is 0. The summed E-state index contributed by atoms with van der Waals surface area (Å²) in [5, 5.41) is 22.5. The summed E-state index contributed by atoms with van der Waals surface area (Å²) >= 11 is 0. The van der Waals surface area contributed by atoms with Crippen molar-refractivity contribution in [2.24, 2.45) is 0 Å². The van der Waals surface area contributed by atoms with Gasteiger partial charge in [0.15, 0.2) is 11.7 Å². The molecule has 0 aliphatic heterocycles. The predicted octanol–water partition coefficient (Wildman–Crippen LogP) is 5.29. The fourth-order valence-corrected chi connectivity index (χ4v) is 3.91. The van der Waals surface area contributed by atoms with Crippen LogP contribution in [0.1, 0.15) is 109 Å². The van der Waals surface area contributed by atoms with E-state index in [-0.39, 0.29) is 25.3 Å². The number of aliphatic hydroxyl groups excluding tert-OH is 2. The summed E-state index contributed by atoms with van der Waals surface area (Å²) in [6, 6.07) is -0.744. The van der Waals surface area contributed by atoms with Crippen LogP contribution in [0.5, 0.6) is 0 Å². The van der Waals surface area contributed by atoms with Crippen LogP contribution in [0, 0.1) is 0 Å². The molecule has 202 valence electrons. The Morgan fingerprint density at radius 1 is 0.600 bits per heavy atom. The first-order chi connectivity index (χ1) is 17.0. The number of nitrogens with one attached hydrogen (secondary N) is 2. The standard InChI is InChI=1S/C27H46F2N2O4/c28-22(17-13-9-5-1-3-7-11-15-19-32)26(34)30-24-21-25(24)31-27(35)23(29)18-14-10-6-2-4-8-12-16-20-33/h17-18,24-25,32-33H,1-16,19-21H2,(H,30,34)(H,31,35)/b22-17-,23-18-/t24-,25+. The van der Waals surface area contributed by atoms with E-state index in [2.05, 4.69) is 10.6 Å². The lowest BCUT2D eigenvalue weighted by atomic mass is 10.1. The lowest BCUT2D eigenvalue weighted by Crippen LogP contribution is -2.35. The van der Waals surface area contributed by atoms with Gasteiger partial charge < -0.3 is 20.8 Å². The lowest BCUT2D eigenvalue weighted by molar-refractivity contribution is -0.120. The highest BCUT2D eigenvalue weighted by Gasteiger charge is 2.40. The minimum absolute atomic E-state index is 0.239. The molecule has 6 nitrogen and oxygen atoms in total. The van der Waals surface area contributed by atoms with Crippen molar-refractivity contribution in [3.05, 3.63) is 23.8 Å². The second-order valence-electron chi connectivity index (χ2n) is 9.47.